The Morgan fingerprint density at radius 2 is 2.06 bits per heavy atom. The molecule has 0 radical (unpaired) electrons. The minimum absolute atomic E-state index is 0.316. The largest absolute Gasteiger partial charge is 0.272 e. The van der Waals surface area contributed by atoms with E-state index in [0.29, 0.717) is 21.5 Å². The molecule has 1 N–H and O–H groups in total. The number of hydrogen-bond donors (Lipinski definition) is 1. The Labute approximate surface area is 117 Å². The summed E-state index contributed by atoms with van der Waals surface area (Å²) in [6, 6.07) is 4.73. The summed E-state index contributed by atoms with van der Waals surface area (Å²) in [5, 5.41) is 4.84. The zero-order chi connectivity index (χ0) is 13.7. The van der Waals surface area contributed by atoms with E-state index in [1.54, 1.807) is 12.1 Å². The number of halogens is 2. The Bertz CT molecular complexity index is 470. The molecule has 5 heteroatoms. The van der Waals surface area contributed by atoms with Crippen LogP contribution in [0.4, 0.5) is 0 Å². The number of benzene rings is 1. The van der Waals surface area contributed by atoms with Gasteiger partial charge in [0.15, 0.2) is 0 Å². The summed E-state index contributed by atoms with van der Waals surface area (Å²) in [5.41, 5.74) is 3.73. The van der Waals surface area contributed by atoms with Crippen LogP contribution in [0, 0.1) is 5.92 Å². The molecule has 0 heterocycles. The predicted octanol–water partition coefficient (Wildman–Crippen LogP) is 4.15. The predicted molar refractivity (Wildman–Crippen MR) is 76.5 cm³/mol. The summed E-state index contributed by atoms with van der Waals surface area (Å²) in [5.74, 6) is 0.171. The highest BCUT2D eigenvalue weighted by molar-refractivity contribution is 6.36. The van der Waals surface area contributed by atoms with Gasteiger partial charge in [-0.2, -0.15) is 5.10 Å². The molecule has 1 amide bonds. The summed E-state index contributed by atoms with van der Waals surface area (Å²) < 4.78 is 0. The number of amides is 1. The van der Waals surface area contributed by atoms with Gasteiger partial charge < -0.3 is 0 Å². The third kappa shape index (κ3) is 4.67. The average Bonchev–Trinajstić information content (AvgIpc) is 2.25. The molecule has 0 aliphatic heterocycles. The van der Waals surface area contributed by atoms with Crippen LogP contribution in [0.5, 0.6) is 0 Å². The summed E-state index contributed by atoms with van der Waals surface area (Å²) in [6.07, 6.45) is 0.842. The van der Waals surface area contributed by atoms with Crippen molar-refractivity contribution in [2.45, 2.75) is 27.2 Å². The highest BCUT2D eigenvalue weighted by Crippen LogP contribution is 2.20. The van der Waals surface area contributed by atoms with Gasteiger partial charge in [0, 0.05) is 10.7 Å². The number of hydrogen-bond acceptors (Lipinski definition) is 2. The van der Waals surface area contributed by atoms with Crippen molar-refractivity contribution < 1.29 is 4.79 Å². The summed E-state index contributed by atoms with van der Waals surface area (Å²) in [4.78, 5) is 11.8. The van der Waals surface area contributed by atoms with E-state index in [-0.39, 0.29) is 5.91 Å². The van der Waals surface area contributed by atoms with E-state index in [1.807, 2.05) is 6.92 Å². The molecule has 0 saturated heterocycles. The van der Waals surface area contributed by atoms with Gasteiger partial charge in [-0.15, -0.1) is 0 Å². The first-order valence-corrected chi connectivity index (χ1v) is 6.44. The van der Waals surface area contributed by atoms with E-state index in [2.05, 4.69) is 24.4 Å². The van der Waals surface area contributed by atoms with Crippen molar-refractivity contribution in [3.05, 3.63) is 33.8 Å². The van der Waals surface area contributed by atoms with Crippen LogP contribution >= 0.6 is 23.2 Å². The normalized spacial score (nSPS) is 11.8. The fourth-order valence-corrected chi connectivity index (χ4v) is 2.01. The molecule has 0 unspecified atom stereocenters. The number of hydrazone groups is 1. The summed E-state index contributed by atoms with van der Waals surface area (Å²) in [6.45, 7) is 6.07. The lowest BCUT2D eigenvalue weighted by molar-refractivity contribution is 0.0955. The third-order valence-electron chi connectivity index (χ3n) is 2.23. The molecule has 0 saturated carbocycles. The Morgan fingerprint density at radius 1 is 1.39 bits per heavy atom. The van der Waals surface area contributed by atoms with Crippen molar-refractivity contribution in [1.29, 1.82) is 0 Å². The highest BCUT2D eigenvalue weighted by atomic mass is 35.5. The van der Waals surface area contributed by atoms with Crippen LogP contribution in [0.1, 0.15) is 37.6 Å². The second-order valence-corrected chi connectivity index (χ2v) is 5.35. The van der Waals surface area contributed by atoms with Gasteiger partial charge in [-0.05, 0) is 37.5 Å². The smallest absolute Gasteiger partial charge is 0.267 e. The van der Waals surface area contributed by atoms with Crippen LogP contribution in [0.3, 0.4) is 0 Å². The zero-order valence-corrected chi connectivity index (χ0v) is 12.1. The molecule has 0 spiro atoms. The van der Waals surface area contributed by atoms with Crippen LogP contribution in [-0.4, -0.2) is 11.6 Å². The molecule has 0 aromatic heterocycles. The molecule has 1 aromatic carbocycles. The molecule has 0 aliphatic carbocycles. The first-order chi connectivity index (χ1) is 8.40. The van der Waals surface area contributed by atoms with Gasteiger partial charge in [-0.3, -0.25) is 4.79 Å². The number of nitrogens with one attached hydrogen (secondary N) is 1. The Hall–Kier alpha value is -1.06. The van der Waals surface area contributed by atoms with Crippen molar-refractivity contribution >= 4 is 34.8 Å². The third-order valence-corrected chi connectivity index (χ3v) is 2.78. The fourth-order valence-electron chi connectivity index (χ4n) is 1.52. The number of nitrogens with zero attached hydrogens (tertiary/aromatic N) is 1. The monoisotopic (exact) mass is 286 g/mol. The van der Waals surface area contributed by atoms with E-state index < -0.39 is 0 Å². The lowest BCUT2D eigenvalue weighted by Gasteiger charge is -2.06. The van der Waals surface area contributed by atoms with Crippen LogP contribution < -0.4 is 5.43 Å². The van der Waals surface area contributed by atoms with Gasteiger partial charge >= 0.3 is 0 Å². The van der Waals surface area contributed by atoms with E-state index in [1.165, 1.54) is 6.07 Å². The van der Waals surface area contributed by atoms with E-state index in [0.717, 1.165) is 12.1 Å². The second kappa shape index (κ2) is 6.76. The average molecular weight is 287 g/mol. The molecule has 3 nitrogen and oxygen atoms in total. The van der Waals surface area contributed by atoms with Crippen LogP contribution in [0.15, 0.2) is 23.3 Å². The van der Waals surface area contributed by atoms with E-state index in [9.17, 15) is 4.79 Å². The lowest BCUT2D eigenvalue weighted by Crippen LogP contribution is -2.19. The number of rotatable bonds is 4. The van der Waals surface area contributed by atoms with Gasteiger partial charge in [0.05, 0.1) is 10.6 Å². The van der Waals surface area contributed by atoms with E-state index >= 15 is 0 Å². The van der Waals surface area contributed by atoms with Gasteiger partial charge in [0.1, 0.15) is 0 Å². The molecule has 1 aromatic rings. The molecule has 0 atom stereocenters. The van der Waals surface area contributed by atoms with Crippen molar-refractivity contribution in [2.75, 3.05) is 0 Å². The summed E-state index contributed by atoms with van der Waals surface area (Å²) >= 11 is 11.7. The zero-order valence-electron chi connectivity index (χ0n) is 10.6. The molecule has 0 bridgehead atoms. The maximum Gasteiger partial charge on any atom is 0.272 e. The molecule has 1 rings (SSSR count). The molecule has 18 heavy (non-hydrogen) atoms. The van der Waals surface area contributed by atoms with Gasteiger partial charge in [-0.1, -0.05) is 37.0 Å². The first kappa shape index (κ1) is 15.0. The van der Waals surface area contributed by atoms with Gasteiger partial charge in [0.25, 0.3) is 5.91 Å². The molecule has 0 fully saturated rings. The van der Waals surface area contributed by atoms with E-state index in [4.69, 9.17) is 23.2 Å². The van der Waals surface area contributed by atoms with Crippen LogP contribution in [0.25, 0.3) is 0 Å². The van der Waals surface area contributed by atoms with Crippen molar-refractivity contribution in [2.24, 2.45) is 11.0 Å². The fraction of sp³-hybridized carbons (Fsp3) is 0.385. The maximum atomic E-state index is 11.8. The Morgan fingerprint density at radius 3 is 2.61 bits per heavy atom. The molecular formula is C13H16Cl2N2O. The topological polar surface area (TPSA) is 41.5 Å². The minimum Gasteiger partial charge on any atom is -0.267 e. The number of carbonyl (C=O) groups excluding carboxylic acids is 1. The Balaban J connectivity index is 2.71. The van der Waals surface area contributed by atoms with Crippen molar-refractivity contribution in [1.82, 2.24) is 5.43 Å². The maximum absolute atomic E-state index is 11.8. The second-order valence-electron chi connectivity index (χ2n) is 4.51. The molecule has 98 valence electrons. The summed E-state index contributed by atoms with van der Waals surface area (Å²) in [7, 11) is 0. The highest BCUT2D eigenvalue weighted by Gasteiger charge is 2.10. The van der Waals surface area contributed by atoms with Crippen LogP contribution in [-0.2, 0) is 0 Å². The Kier molecular flexibility index (Phi) is 5.63. The standard InChI is InChI=1S/C13H16Cl2N2O/c1-8(2)6-9(3)16-17-13(18)11-5-4-10(14)7-12(11)15/h4-5,7-8H,6H2,1-3H3,(H,17,18). The molecular weight excluding hydrogens is 271 g/mol. The van der Waals surface area contributed by atoms with Crippen LogP contribution in [0.2, 0.25) is 10.0 Å². The SMILES string of the molecule is CC(CC(C)C)=NNC(=O)c1ccc(Cl)cc1Cl. The lowest BCUT2D eigenvalue weighted by atomic mass is 10.1. The minimum atomic E-state index is -0.334. The quantitative estimate of drug-likeness (QED) is 0.656. The first-order valence-electron chi connectivity index (χ1n) is 5.68. The van der Waals surface area contributed by atoms with Crippen molar-refractivity contribution in [3.63, 3.8) is 0 Å². The number of carbonyl (C=O) groups is 1. The van der Waals surface area contributed by atoms with Gasteiger partial charge in [-0.25, -0.2) is 5.43 Å². The van der Waals surface area contributed by atoms with Crippen molar-refractivity contribution in [3.8, 4) is 0 Å². The molecule has 0 aliphatic rings. The van der Waals surface area contributed by atoms with Gasteiger partial charge in [0.2, 0.25) is 0 Å².